The van der Waals surface area contributed by atoms with Crippen molar-refractivity contribution in [3.8, 4) is 10.6 Å². The Kier molecular flexibility index (Phi) is 2.11. The van der Waals surface area contributed by atoms with Crippen molar-refractivity contribution in [3.63, 3.8) is 0 Å². The van der Waals surface area contributed by atoms with E-state index in [4.69, 9.17) is 0 Å². The van der Waals surface area contributed by atoms with Gasteiger partial charge >= 0.3 is 0 Å². The largest absolute Gasteiger partial charge is 0.354 e. The average Bonchev–Trinajstić information content (AvgIpc) is 2.92. The third-order valence-electron chi connectivity index (χ3n) is 3.64. The van der Waals surface area contributed by atoms with Crippen molar-refractivity contribution in [2.75, 3.05) is 5.32 Å². The number of carbonyl (C=O) groups is 1. The minimum Gasteiger partial charge on any atom is -0.354 e. The van der Waals surface area contributed by atoms with Gasteiger partial charge in [-0.05, 0) is 35.6 Å². The molecule has 0 bridgehead atoms. The Morgan fingerprint density at radius 1 is 1.26 bits per heavy atom. The minimum absolute atomic E-state index is 0.0579. The fourth-order valence-electron chi connectivity index (χ4n) is 2.83. The van der Waals surface area contributed by atoms with Gasteiger partial charge in [0.2, 0.25) is 5.91 Å². The number of hydrogen-bond acceptors (Lipinski definition) is 2. The molecule has 0 atom stereocenters. The summed E-state index contributed by atoms with van der Waals surface area (Å²) in [5.41, 5.74) is 5.44. The van der Waals surface area contributed by atoms with Crippen LogP contribution in [0.1, 0.15) is 11.1 Å². The topological polar surface area (TPSA) is 44.9 Å². The van der Waals surface area contributed by atoms with E-state index in [1.165, 1.54) is 10.9 Å². The van der Waals surface area contributed by atoms with Gasteiger partial charge in [0.15, 0.2) is 0 Å². The Bertz CT molecular complexity index is 813. The molecule has 0 unspecified atom stereocenters. The van der Waals surface area contributed by atoms with Crippen LogP contribution in [-0.4, -0.2) is 10.9 Å². The Morgan fingerprint density at radius 2 is 2.16 bits per heavy atom. The molecule has 1 amide bonds. The number of benzene rings is 1. The number of aromatic nitrogens is 1. The molecule has 1 aliphatic heterocycles. The third kappa shape index (κ3) is 1.47. The monoisotopic (exact) mass is 268 g/mol. The molecular weight excluding hydrogens is 256 g/mol. The van der Waals surface area contributed by atoms with E-state index in [-0.39, 0.29) is 5.91 Å². The fraction of sp³-hybridized carbons (Fsp3) is 0.133. The van der Waals surface area contributed by atoms with Crippen LogP contribution in [0.2, 0.25) is 0 Å². The molecule has 94 valence electrons. The van der Waals surface area contributed by atoms with E-state index in [1.807, 2.05) is 17.5 Å². The highest BCUT2D eigenvalue weighted by molar-refractivity contribution is 7.14. The van der Waals surface area contributed by atoms with Gasteiger partial charge < -0.3 is 10.3 Å². The number of anilines is 1. The van der Waals surface area contributed by atoms with Crippen LogP contribution < -0.4 is 5.32 Å². The minimum atomic E-state index is 0.0579. The molecule has 1 aromatic carbocycles. The maximum absolute atomic E-state index is 12.0. The van der Waals surface area contributed by atoms with Crippen LogP contribution in [0.15, 0.2) is 29.6 Å². The second-order valence-electron chi connectivity index (χ2n) is 4.86. The number of nitrogens with one attached hydrogen (secondary N) is 2. The zero-order valence-corrected chi connectivity index (χ0v) is 11.2. The highest BCUT2D eigenvalue weighted by Crippen LogP contribution is 2.41. The lowest BCUT2D eigenvalue weighted by Crippen LogP contribution is -2.12. The molecule has 2 aromatic heterocycles. The quantitative estimate of drug-likeness (QED) is 0.641. The van der Waals surface area contributed by atoms with Crippen LogP contribution in [0.3, 0.4) is 0 Å². The van der Waals surface area contributed by atoms with Crippen LogP contribution in [0.25, 0.3) is 21.5 Å². The van der Waals surface area contributed by atoms with E-state index in [1.54, 1.807) is 11.3 Å². The summed E-state index contributed by atoms with van der Waals surface area (Å²) < 4.78 is 0. The predicted molar refractivity (Wildman–Crippen MR) is 78.7 cm³/mol. The molecular formula is C15H12N2OS. The van der Waals surface area contributed by atoms with Gasteiger partial charge in [-0.1, -0.05) is 12.1 Å². The van der Waals surface area contributed by atoms with Gasteiger partial charge in [0.1, 0.15) is 0 Å². The normalized spacial score (nSPS) is 13.8. The summed E-state index contributed by atoms with van der Waals surface area (Å²) in [6.45, 7) is 2.09. The van der Waals surface area contributed by atoms with Crippen LogP contribution >= 0.6 is 11.3 Å². The number of hydrogen-bond donors (Lipinski definition) is 2. The SMILES string of the molecule is Cc1cccc2[nH]c3c(c12)CC(=O)Nc1ccsc1-3. The molecule has 19 heavy (non-hydrogen) atoms. The zero-order chi connectivity index (χ0) is 13.0. The van der Waals surface area contributed by atoms with E-state index in [9.17, 15) is 4.79 Å². The molecule has 3 aromatic rings. The van der Waals surface area contributed by atoms with Crippen molar-refractivity contribution < 1.29 is 4.79 Å². The maximum Gasteiger partial charge on any atom is 0.228 e. The first-order chi connectivity index (χ1) is 9.24. The first-order valence-corrected chi connectivity index (χ1v) is 7.10. The summed E-state index contributed by atoms with van der Waals surface area (Å²) in [5.74, 6) is 0.0579. The molecule has 0 fully saturated rings. The fourth-order valence-corrected chi connectivity index (χ4v) is 3.71. The number of H-pyrrole nitrogens is 1. The molecule has 0 saturated heterocycles. The highest BCUT2D eigenvalue weighted by atomic mass is 32.1. The summed E-state index contributed by atoms with van der Waals surface area (Å²) in [5, 5.41) is 6.17. The van der Waals surface area contributed by atoms with Gasteiger partial charge in [0, 0.05) is 10.9 Å². The van der Waals surface area contributed by atoms with E-state index >= 15 is 0 Å². The zero-order valence-electron chi connectivity index (χ0n) is 10.4. The van der Waals surface area contributed by atoms with Crippen molar-refractivity contribution in [2.45, 2.75) is 13.3 Å². The average molecular weight is 268 g/mol. The first-order valence-electron chi connectivity index (χ1n) is 6.22. The Hall–Kier alpha value is -2.07. The predicted octanol–water partition coefficient (Wildman–Crippen LogP) is 3.70. The van der Waals surface area contributed by atoms with Gasteiger partial charge in [-0.2, -0.15) is 0 Å². The maximum atomic E-state index is 12.0. The highest BCUT2D eigenvalue weighted by Gasteiger charge is 2.24. The molecule has 4 rings (SSSR count). The number of fused-ring (bicyclic) bond motifs is 5. The Morgan fingerprint density at radius 3 is 3.05 bits per heavy atom. The van der Waals surface area contributed by atoms with E-state index < -0.39 is 0 Å². The Labute approximate surface area is 114 Å². The molecule has 0 radical (unpaired) electrons. The van der Waals surface area contributed by atoms with Crippen molar-refractivity contribution in [1.29, 1.82) is 0 Å². The Balaban J connectivity index is 2.14. The number of amides is 1. The van der Waals surface area contributed by atoms with Crippen LogP contribution in [0.4, 0.5) is 5.69 Å². The lowest BCUT2D eigenvalue weighted by atomic mass is 10.0. The molecule has 3 heterocycles. The summed E-state index contributed by atoms with van der Waals surface area (Å²) >= 11 is 1.66. The third-order valence-corrected chi connectivity index (χ3v) is 4.57. The van der Waals surface area contributed by atoms with E-state index in [0.717, 1.165) is 27.3 Å². The van der Waals surface area contributed by atoms with Gasteiger partial charge in [-0.15, -0.1) is 11.3 Å². The number of thiophene rings is 1. The van der Waals surface area contributed by atoms with Crippen LogP contribution in [0, 0.1) is 6.92 Å². The lowest BCUT2D eigenvalue weighted by molar-refractivity contribution is -0.115. The van der Waals surface area contributed by atoms with Crippen molar-refractivity contribution in [1.82, 2.24) is 4.98 Å². The van der Waals surface area contributed by atoms with E-state index in [0.29, 0.717) is 6.42 Å². The number of carbonyl (C=O) groups excluding carboxylic acids is 1. The number of aromatic amines is 1. The number of aryl methyl sites for hydroxylation is 1. The van der Waals surface area contributed by atoms with E-state index in [2.05, 4.69) is 29.4 Å². The summed E-state index contributed by atoms with van der Waals surface area (Å²) in [4.78, 5) is 16.6. The van der Waals surface area contributed by atoms with Gasteiger partial charge in [0.25, 0.3) is 0 Å². The van der Waals surface area contributed by atoms with Crippen LogP contribution in [-0.2, 0) is 11.2 Å². The molecule has 3 nitrogen and oxygen atoms in total. The van der Waals surface area contributed by atoms with Crippen LogP contribution in [0.5, 0.6) is 0 Å². The lowest BCUT2D eigenvalue weighted by Gasteiger charge is -2.01. The molecule has 1 aliphatic rings. The summed E-state index contributed by atoms with van der Waals surface area (Å²) in [6.07, 6.45) is 0.432. The second kappa shape index (κ2) is 3.71. The molecule has 0 spiro atoms. The number of rotatable bonds is 0. The molecule has 0 saturated carbocycles. The molecule has 2 N–H and O–H groups in total. The summed E-state index contributed by atoms with van der Waals surface area (Å²) in [6, 6.07) is 8.17. The molecule has 4 heteroatoms. The van der Waals surface area contributed by atoms with Gasteiger partial charge in [0.05, 0.1) is 22.7 Å². The second-order valence-corrected chi connectivity index (χ2v) is 5.78. The standard InChI is InChI=1S/C15H12N2OS/c1-8-3-2-4-10-13(8)9-7-12(18)16-11-5-6-19-15(11)14(9)17-10/h2-6,17H,7H2,1H3,(H,16,18). The first kappa shape index (κ1) is 10.8. The van der Waals surface area contributed by atoms with Crippen molar-refractivity contribution in [2.24, 2.45) is 0 Å². The van der Waals surface area contributed by atoms with Gasteiger partial charge in [-0.25, -0.2) is 0 Å². The smallest absolute Gasteiger partial charge is 0.228 e. The molecule has 0 aliphatic carbocycles. The van der Waals surface area contributed by atoms with Crippen molar-refractivity contribution >= 4 is 33.8 Å². The van der Waals surface area contributed by atoms with Gasteiger partial charge in [-0.3, -0.25) is 4.79 Å². The summed E-state index contributed by atoms with van der Waals surface area (Å²) in [7, 11) is 0. The van der Waals surface area contributed by atoms with Crippen molar-refractivity contribution in [3.05, 3.63) is 40.8 Å².